The highest BCUT2D eigenvalue weighted by Crippen LogP contribution is 2.32. The van der Waals surface area contributed by atoms with E-state index < -0.39 is 16.1 Å². The molecule has 0 aliphatic carbocycles. The Morgan fingerprint density at radius 2 is 1.59 bits per heavy atom. The second kappa shape index (κ2) is 9.03. The molecule has 0 spiro atoms. The molecule has 29 heavy (non-hydrogen) atoms. The van der Waals surface area contributed by atoms with Crippen LogP contribution in [-0.2, 0) is 16.6 Å². The van der Waals surface area contributed by atoms with Gasteiger partial charge in [0.2, 0.25) is 10.0 Å². The first-order valence-corrected chi connectivity index (χ1v) is 11.1. The molecular weight excluding hydrogens is 386 g/mol. The van der Waals surface area contributed by atoms with Gasteiger partial charge in [-0.25, -0.2) is 13.1 Å². The van der Waals surface area contributed by atoms with Crippen molar-refractivity contribution in [2.24, 2.45) is 0 Å². The number of benzene rings is 3. The Kier molecular flexibility index (Phi) is 6.46. The molecule has 0 saturated carbocycles. The highest BCUT2D eigenvalue weighted by atomic mass is 32.2. The number of ether oxygens (including phenoxy) is 1. The number of rotatable bonds is 8. The van der Waals surface area contributed by atoms with Crippen LogP contribution in [0.25, 0.3) is 0 Å². The molecule has 0 saturated heterocycles. The predicted molar refractivity (Wildman–Crippen MR) is 113 cm³/mol. The van der Waals surface area contributed by atoms with E-state index in [1.54, 1.807) is 18.2 Å². The topological polar surface area (TPSA) is 72.5 Å². The fourth-order valence-corrected chi connectivity index (χ4v) is 3.72. The van der Waals surface area contributed by atoms with E-state index in [4.69, 9.17) is 4.74 Å². The summed E-state index contributed by atoms with van der Waals surface area (Å²) in [6.45, 7) is 1.80. The maximum atomic E-state index is 12.1. The minimum atomic E-state index is -3.53. The van der Waals surface area contributed by atoms with Gasteiger partial charge in [-0.05, 0) is 36.2 Å². The van der Waals surface area contributed by atoms with Gasteiger partial charge in [-0.3, -0.25) is 4.79 Å². The van der Waals surface area contributed by atoms with Gasteiger partial charge in [-0.15, -0.1) is 0 Å². The van der Waals surface area contributed by atoms with Crippen molar-refractivity contribution >= 4 is 15.8 Å². The molecule has 150 valence electrons. The number of ketones is 1. The summed E-state index contributed by atoms with van der Waals surface area (Å²) in [5.41, 5.74) is 2.82. The molecule has 0 aliphatic heterocycles. The second-order valence-corrected chi connectivity index (χ2v) is 8.60. The molecule has 1 unspecified atom stereocenters. The average Bonchev–Trinajstić information content (AvgIpc) is 2.71. The van der Waals surface area contributed by atoms with E-state index in [0.29, 0.717) is 23.5 Å². The van der Waals surface area contributed by atoms with E-state index in [9.17, 15) is 13.2 Å². The maximum Gasteiger partial charge on any atom is 0.209 e. The van der Waals surface area contributed by atoms with Crippen LogP contribution in [0.5, 0.6) is 5.75 Å². The highest BCUT2D eigenvalue weighted by Gasteiger charge is 2.23. The van der Waals surface area contributed by atoms with Gasteiger partial charge in [-0.1, -0.05) is 60.7 Å². The first-order chi connectivity index (χ1) is 13.8. The molecule has 0 bridgehead atoms. The normalized spacial score (nSPS) is 12.3. The first kappa shape index (κ1) is 20.8. The number of carbonyl (C=O) groups excluding carboxylic acids is 1. The number of hydrogen-bond donors (Lipinski definition) is 1. The lowest BCUT2D eigenvalue weighted by atomic mass is 9.96. The lowest BCUT2D eigenvalue weighted by molar-refractivity contribution is 0.101. The van der Waals surface area contributed by atoms with Crippen LogP contribution in [0, 0.1) is 0 Å². The smallest absolute Gasteiger partial charge is 0.209 e. The largest absolute Gasteiger partial charge is 0.489 e. The summed E-state index contributed by atoms with van der Waals surface area (Å²) in [4.78, 5) is 12.0. The summed E-state index contributed by atoms with van der Waals surface area (Å²) < 4.78 is 32.9. The number of hydrogen-bond acceptors (Lipinski definition) is 4. The molecule has 1 N–H and O–H groups in total. The van der Waals surface area contributed by atoms with Crippen molar-refractivity contribution < 1.29 is 17.9 Å². The van der Waals surface area contributed by atoms with E-state index in [1.807, 2.05) is 60.7 Å². The van der Waals surface area contributed by atoms with Gasteiger partial charge in [0.25, 0.3) is 0 Å². The van der Waals surface area contributed by atoms with E-state index in [-0.39, 0.29) is 5.78 Å². The van der Waals surface area contributed by atoms with E-state index in [2.05, 4.69) is 4.72 Å². The Morgan fingerprint density at radius 1 is 0.966 bits per heavy atom. The van der Waals surface area contributed by atoms with Crippen molar-refractivity contribution in [3.8, 4) is 5.75 Å². The molecule has 0 aliphatic rings. The van der Waals surface area contributed by atoms with Crippen LogP contribution in [-0.4, -0.2) is 20.5 Å². The zero-order valence-corrected chi connectivity index (χ0v) is 17.1. The van der Waals surface area contributed by atoms with Gasteiger partial charge in [0, 0.05) is 11.1 Å². The standard InChI is InChI=1S/C23H23NO4S/c1-17(25)20-13-14-22(28-16-18-9-5-3-6-10-18)21(15-20)23(24-29(2,26)27)19-11-7-4-8-12-19/h3-15,23-24H,16H2,1-2H3. The van der Waals surface area contributed by atoms with Gasteiger partial charge >= 0.3 is 0 Å². The molecule has 0 radical (unpaired) electrons. The fourth-order valence-electron chi connectivity index (χ4n) is 3.03. The average molecular weight is 410 g/mol. The van der Waals surface area contributed by atoms with Crippen LogP contribution < -0.4 is 9.46 Å². The third kappa shape index (κ3) is 5.76. The highest BCUT2D eigenvalue weighted by molar-refractivity contribution is 7.88. The number of nitrogens with one attached hydrogen (secondary N) is 1. The Bertz CT molecular complexity index is 1080. The summed E-state index contributed by atoms with van der Waals surface area (Å²) in [6, 6.07) is 23.3. The minimum Gasteiger partial charge on any atom is -0.489 e. The van der Waals surface area contributed by atoms with Gasteiger partial charge in [0.1, 0.15) is 12.4 Å². The molecule has 3 aromatic carbocycles. The molecule has 1 atom stereocenters. The summed E-state index contributed by atoms with van der Waals surface area (Å²) in [5, 5.41) is 0. The SMILES string of the molecule is CC(=O)c1ccc(OCc2ccccc2)c(C(NS(C)(=O)=O)c2ccccc2)c1. The van der Waals surface area contributed by atoms with Crippen LogP contribution in [0.1, 0.15) is 40.0 Å². The van der Waals surface area contributed by atoms with Gasteiger partial charge < -0.3 is 4.74 Å². The Hall–Kier alpha value is -2.96. The van der Waals surface area contributed by atoms with Crippen molar-refractivity contribution in [1.29, 1.82) is 0 Å². The van der Waals surface area contributed by atoms with Gasteiger partial charge in [0.15, 0.2) is 5.78 Å². The molecule has 5 nitrogen and oxygen atoms in total. The summed E-state index contributed by atoms with van der Waals surface area (Å²) >= 11 is 0. The molecule has 3 aromatic rings. The first-order valence-electron chi connectivity index (χ1n) is 9.17. The van der Waals surface area contributed by atoms with Crippen molar-refractivity contribution in [3.05, 3.63) is 101 Å². The molecule has 0 aromatic heterocycles. The van der Waals surface area contributed by atoms with Crippen LogP contribution >= 0.6 is 0 Å². The number of Topliss-reactive ketones (excluding diaryl/α,β-unsaturated/α-hetero) is 1. The van der Waals surface area contributed by atoms with Crippen molar-refractivity contribution in [3.63, 3.8) is 0 Å². The zero-order valence-electron chi connectivity index (χ0n) is 16.3. The summed E-state index contributed by atoms with van der Waals surface area (Å²) in [5.74, 6) is 0.413. The summed E-state index contributed by atoms with van der Waals surface area (Å²) in [7, 11) is -3.53. The molecule has 3 rings (SSSR count). The Balaban J connectivity index is 2.06. The Labute approximate surface area is 171 Å². The van der Waals surface area contributed by atoms with E-state index in [1.165, 1.54) is 6.92 Å². The molecule has 0 fully saturated rings. The number of sulfonamides is 1. The molecular formula is C23H23NO4S. The van der Waals surface area contributed by atoms with E-state index >= 15 is 0 Å². The van der Waals surface area contributed by atoms with Crippen LogP contribution in [0.2, 0.25) is 0 Å². The number of carbonyl (C=O) groups is 1. The zero-order chi connectivity index (χ0) is 20.9. The molecule has 0 heterocycles. The van der Waals surface area contributed by atoms with Crippen LogP contribution in [0.3, 0.4) is 0 Å². The fraction of sp³-hybridized carbons (Fsp3) is 0.174. The second-order valence-electron chi connectivity index (χ2n) is 6.82. The van der Waals surface area contributed by atoms with Crippen molar-refractivity contribution in [2.75, 3.05) is 6.26 Å². The van der Waals surface area contributed by atoms with Crippen molar-refractivity contribution in [1.82, 2.24) is 4.72 Å². The molecule has 6 heteroatoms. The van der Waals surface area contributed by atoms with Gasteiger partial charge in [0.05, 0.1) is 12.3 Å². The predicted octanol–water partition coefficient (Wildman–Crippen LogP) is 4.11. The van der Waals surface area contributed by atoms with Crippen LogP contribution in [0.4, 0.5) is 0 Å². The summed E-state index contributed by atoms with van der Waals surface area (Å²) in [6.07, 6.45) is 1.11. The molecule has 0 amide bonds. The van der Waals surface area contributed by atoms with Gasteiger partial charge in [-0.2, -0.15) is 0 Å². The third-order valence-corrected chi connectivity index (χ3v) is 5.09. The Morgan fingerprint density at radius 3 is 2.17 bits per heavy atom. The lowest BCUT2D eigenvalue weighted by Crippen LogP contribution is -2.28. The monoisotopic (exact) mass is 409 g/mol. The quantitative estimate of drug-likeness (QED) is 0.569. The maximum absolute atomic E-state index is 12.1. The lowest BCUT2D eigenvalue weighted by Gasteiger charge is -2.22. The van der Waals surface area contributed by atoms with Crippen LogP contribution in [0.15, 0.2) is 78.9 Å². The van der Waals surface area contributed by atoms with Crippen molar-refractivity contribution in [2.45, 2.75) is 19.6 Å². The minimum absolute atomic E-state index is 0.105. The third-order valence-electron chi connectivity index (χ3n) is 4.43. The van der Waals surface area contributed by atoms with E-state index in [0.717, 1.165) is 17.4 Å².